The summed E-state index contributed by atoms with van der Waals surface area (Å²) in [4.78, 5) is 23.8. The van der Waals surface area contributed by atoms with E-state index in [0.717, 1.165) is 30.2 Å². The number of ether oxygens (including phenoxy) is 2. The van der Waals surface area contributed by atoms with E-state index < -0.39 is 0 Å². The minimum atomic E-state index is -0.307. The van der Waals surface area contributed by atoms with Crippen LogP contribution in [-0.2, 0) is 9.53 Å². The summed E-state index contributed by atoms with van der Waals surface area (Å²) in [5, 5.41) is 9.56. The number of para-hydroxylation sites is 1. The van der Waals surface area contributed by atoms with Gasteiger partial charge in [0.25, 0.3) is 0 Å². The number of benzene rings is 3. The molecule has 1 aromatic heterocycles. The summed E-state index contributed by atoms with van der Waals surface area (Å²) in [6.45, 7) is 6.67. The number of anilines is 6. The Hall–Kier alpha value is -4.89. The molecule has 3 N–H and O–H groups in total. The second-order valence-electron chi connectivity index (χ2n) is 8.83. The predicted octanol–water partition coefficient (Wildman–Crippen LogP) is 5.60. The van der Waals surface area contributed by atoms with Crippen LogP contribution in [0.1, 0.15) is 0 Å². The smallest absolute Gasteiger partial charge is 0.247 e. The molecule has 0 atom stereocenters. The third kappa shape index (κ3) is 6.34. The largest absolute Gasteiger partial charge is 0.496 e. The summed E-state index contributed by atoms with van der Waals surface area (Å²) in [5.74, 6) is 0.714. The number of carbonyl (C=O) groups is 1. The minimum absolute atomic E-state index is 0.307. The molecule has 1 amide bonds. The normalized spacial score (nSPS) is 12.9. The Morgan fingerprint density at radius 3 is 2.54 bits per heavy atom. The lowest BCUT2D eigenvalue weighted by atomic mass is 10.1. The molecule has 0 unspecified atom stereocenters. The van der Waals surface area contributed by atoms with E-state index in [4.69, 9.17) is 14.5 Å². The molecule has 0 bridgehead atoms. The Morgan fingerprint density at radius 2 is 1.77 bits per heavy atom. The third-order valence-corrected chi connectivity index (χ3v) is 6.23. The standard InChI is InChI=1S/C30H30N6O3/c1-3-28(37)33-23-12-13-27(38-2)25(19-23)29-26(32-21-8-5-4-6-9-21)20-31-30(35-29)34-22-10-7-11-24(18-22)36-14-16-39-17-15-36/h3-13,18-20,32H,1,14-17H2,2H3,(H,33,37)(H,31,34,35). The summed E-state index contributed by atoms with van der Waals surface area (Å²) in [7, 11) is 1.60. The average molecular weight is 523 g/mol. The van der Waals surface area contributed by atoms with E-state index in [1.165, 1.54) is 6.08 Å². The van der Waals surface area contributed by atoms with Gasteiger partial charge in [0.1, 0.15) is 11.4 Å². The molecule has 1 aliphatic heterocycles. The number of morpholine rings is 1. The molecule has 9 heteroatoms. The molecule has 9 nitrogen and oxygen atoms in total. The maximum atomic E-state index is 12.0. The first-order valence-corrected chi connectivity index (χ1v) is 12.6. The minimum Gasteiger partial charge on any atom is -0.496 e. The first-order valence-electron chi connectivity index (χ1n) is 12.6. The molecule has 0 spiro atoms. The Bertz CT molecular complexity index is 1450. The Labute approximate surface area is 227 Å². The van der Waals surface area contributed by atoms with E-state index in [0.29, 0.717) is 47.5 Å². The molecular formula is C30H30N6O3. The highest BCUT2D eigenvalue weighted by Gasteiger charge is 2.17. The van der Waals surface area contributed by atoms with Crippen LogP contribution < -0.4 is 25.6 Å². The second-order valence-corrected chi connectivity index (χ2v) is 8.83. The van der Waals surface area contributed by atoms with Gasteiger partial charge in [0, 0.05) is 41.4 Å². The Kier molecular flexibility index (Phi) is 7.99. The van der Waals surface area contributed by atoms with Crippen LogP contribution in [0.25, 0.3) is 11.3 Å². The molecule has 1 saturated heterocycles. The van der Waals surface area contributed by atoms with Gasteiger partial charge in [0.15, 0.2) is 0 Å². The molecule has 0 aliphatic carbocycles. The number of aromatic nitrogens is 2. The van der Waals surface area contributed by atoms with Crippen molar-refractivity contribution < 1.29 is 14.3 Å². The van der Waals surface area contributed by atoms with Gasteiger partial charge < -0.3 is 30.3 Å². The summed E-state index contributed by atoms with van der Waals surface area (Å²) >= 11 is 0. The lowest BCUT2D eigenvalue weighted by Gasteiger charge is -2.29. The van der Waals surface area contributed by atoms with Crippen molar-refractivity contribution in [1.82, 2.24) is 9.97 Å². The number of amides is 1. The molecule has 39 heavy (non-hydrogen) atoms. The first-order chi connectivity index (χ1) is 19.1. The van der Waals surface area contributed by atoms with Crippen LogP contribution >= 0.6 is 0 Å². The summed E-state index contributed by atoms with van der Waals surface area (Å²) in [6, 6.07) is 23.3. The van der Waals surface area contributed by atoms with E-state index in [9.17, 15) is 4.79 Å². The zero-order valence-corrected chi connectivity index (χ0v) is 21.7. The highest BCUT2D eigenvalue weighted by Crippen LogP contribution is 2.37. The van der Waals surface area contributed by atoms with E-state index in [1.807, 2.05) is 48.5 Å². The van der Waals surface area contributed by atoms with Crippen LogP contribution in [0.2, 0.25) is 0 Å². The maximum Gasteiger partial charge on any atom is 0.247 e. The zero-order chi connectivity index (χ0) is 27.0. The summed E-state index contributed by atoms with van der Waals surface area (Å²) in [5.41, 5.74) is 5.42. The van der Waals surface area contributed by atoms with Crippen molar-refractivity contribution in [2.75, 3.05) is 54.3 Å². The van der Waals surface area contributed by atoms with E-state index >= 15 is 0 Å². The van der Waals surface area contributed by atoms with Gasteiger partial charge in [-0.3, -0.25) is 4.79 Å². The molecule has 1 aliphatic rings. The lowest BCUT2D eigenvalue weighted by molar-refractivity contribution is -0.111. The topological polar surface area (TPSA) is 101 Å². The molecule has 198 valence electrons. The molecule has 2 heterocycles. The number of nitrogens with zero attached hydrogens (tertiary/aromatic N) is 3. The number of nitrogens with one attached hydrogen (secondary N) is 3. The van der Waals surface area contributed by atoms with Crippen molar-refractivity contribution in [2.45, 2.75) is 0 Å². The van der Waals surface area contributed by atoms with Crippen LogP contribution in [0.5, 0.6) is 5.75 Å². The van der Waals surface area contributed by atoms with Gasteiger partial charge in [-0.15, -0.1) is 0 Å². The summed E-state index contributed by atoms with van der Waals surface area (Å²) < 4.78 is 11.2. The van der Waals surface area contributed by atoms with E-state index in [2.05, 4.69) is 44.5 Å². The molecule has 3 aromatic carbocycles. The van der Waals surface area contributed by atoms with Crippen LogP contribution in [0.4, 0.5) is 34.4 Å². The average Bonchev–Trinajstić information content (AvgIpc) is 2.99. The van der Waals surface area contributed by atoms with Crippen LogP contribution in [0, 0.1) is 0 Å². The predicted molar refractivity (Wildman–Crippen MR) is 155 cm³/mol. The van der Waals surface area contributed by atoms with E-state index in [-0.39, 0.29) is 5.91 Å². The van der Waals surface area contributed by atoms with Gasteiger partial charge in [-0.1, -0.05) is 30.8 Å². The fourth-order valence-electron chi connectivity index (χ4n) is 4.31. The molecule has 0 saturated carbocycles. The van der Waals surface area contributed by atoms with Gasteiger partial charge >= 0.3 is 0 Å². The van der Waals surface area contributed by atoms with Gasteiger partial charge in [0.05, 0.1) is 32.2 Å². The van der Waals surface area contributed by atoms with Gasteiger partial charge in [-0.25, -0.2) is 9.97 Å². The maximum absolute atomic E-state index is 12.0. The fraction of sp³-hybridized carbons (Fsp3) is 0.167. The molecular weight excluding hydrogens is 492 g/mol. The first kappa shape index (κ1) is 25.7. The van der Waals surface area contributed by atoms with Gasteiger partial charge in [-0.2, -0.15) is 0 Å². The molecule has 1 fully saturated rings. The third-order valence-electron chi connectivity index (χ3n) is 6.23. The van der Waals surface area contributed by atoms with Crippen molar-refractivity contribution in [3.05, 3.63) is 91.6 Å². The molecule has 5 rings (SSSR count). The number of hydrogen-bond acceptors (Lipinski definition) is 8. The quantitative estimate of drug-likeness (QED) is 0.244. The molecule has 0 radical (unpaired) electrons. The highest BCUT2D eigenvalue weighted by molar-refractivity contribution is 5.99. The van der Waals surface area contributed by atoms with Gasteiger partial charge in [-0.05, 0) is 54.6 Å². The fourth-order valence-corrected chi connectivity index (χ4v) is 4.31. The van der Waals surface area contributed by atoms with Crippen molar-refractivity contribution >= 4 is 40.3 Å². The SMILES string of the molecule is C=CC(=O)Nc1ccc(OC)c(-c2nc(Nc3cccc(N4CCOCC4)c3)ncc2Nc2ccccc2)c1. The Balaban J connectivity index is 1.52. The number of hydrogen-bond donors (Lipinski definition) is 3. The van der Waals surface area contributed by atoms with Crippen molar-refractivity contribution in [1.29, 1.82) is 0 Å². The van der Waals surface area contributed by atoms with Crippen LogP contribution in [0.3, 0.4) is 0 Å². The van der Waals surface area contributed by atoms with Crippen molar-refractivity contribution in [2.24, 2.45) is 0 Å². The van der Waals surface area contributed by atoms with Crippen LogP contribution in [0.15, 0.2) is 91.6 Å². The second kappa shape index (κ2) is 12.1. The number of carbonyl (C=O) groups excluding carboxylic acids is 1. The summed E-state index contributed by atoms with van der Waals surface area (Å²) in [6.07, 6.45) is 2.96. The van der Waals surface area contributed by atoms with Crippen molar-refractivity contribution in [3.63, 3.8) is 0 Å². The highest BCUT2D eigenvalue weighted by atomic mass is 16.5. The lowest BCUT2D eigenvalue weighted by Crippen LogP contribution is -2.36. The molecule has 4 aromatic rings. The van der Waals surface area contributed by atoms with Crippen LogP contribution in [-0.4, -0.2) is 49.3 Å². The Morgan fingerprint density at radius 1 is 0.974 bits per heavy atom. The number of methoxy groups -OCH3 is 1. The number of rotatable bonds is 9. The van der Waals surface area contributed by atoms with E-state index in [1.54, 1.807) is 25.4 Å². The zero-order valence-electron chi connectivity index (χ0n) is 21.7. The monoisotopic (exact) mass is 522 g/mol. The van der Waals surface area contributed by atoms with Gasteiger partial charge in [0.2, 0.25) is 11.9 Å². The van der Waals surface area contributed by atoms with Crippen molar-refractivity contribution in [3.8, 4) is 17.0 Å².